The highest BCUT2D eigenvalue weighted by atomic mass is 32.6. The third-order valence-electron chi connectivity index (χ3n) is 3.04. The smallest absolute Gasteiger partial charge is 0.257 e. The lowest BCUT2D eigenvalue weighted by Gasteiger charge is -2.21. The van der Waals surface area contributed by atoms with Gasteiger partial charge in [-0.3, -0.25) is 9.59 Å². The van der Waals surface area contributed by atoms with Crippen LogP contribution < -0.4 is 10.6 Å². The van der Waals surface area contributed by atoms with E-state index in [1.54, 1.807) is 4.90 Å². The number of anilines is 1. The molecule has 1 aliphatic heterocycles. The summed E-state index contributed by atoms with van der Waals surface area (Å²) in [6.07, 6.45) is 0.845. The molecule has 1 aromatic carbocycles. The molecule has 108 valence electrons. The van der Waals surface area contributed by atoms with Crippen molar-refractivity contribution >= 4 is 55.9 Å². The zero-order valence-corrected chi connectivity index (χ0v) is 15.4. The molecule has 2 rings (SSSR count). The van der Waals surface area contributed by atoms with Crippen LogP contribution in [0.2, 0.25) is 0 Å². The van der Waals surface area contributed by atoms with Crippen LogP contribution in [0.1, 0.15) is 23.7 Å². The Kier molecular flexibility index (Phi) is 5.88. The summed E-state index contributed by atoms with van der Waals surface area (Å²) in [5.41, 5.74) is 1.32. The number of carbonyl (C=O) groups excluding carboxylic acids is 2. The van der Waals surface area contributed by atoms with E-state index in [1.165, 1.54) is 0 Å². The van der Waals surface area contributed by atoms with Crippen LogP contribution >= 0.6 is 33.1 Å². The predicted octanol–water partition coefficient (Wildman–Crippen LogP) is 2.77. The molecule has 20 heavy (non-hydrogen) atoms. The standard InChI is InChI=1S/C12H18N2O2P4/c1-2-6-14-7-10(15)13-8-4-3-5-9(20(18)19-17)11(8)12(14)16/h3-5,19H,2,6-7,17-18H2,1H3,(H,13,15). The molecule has 0 bridgehead atoms. The van der Waals surface area contributed by atoms with Crippen LogP contribution in [-0.2, 0) is 4.79 Å². The molecule has 0 radical (unpaired) electrons. The van der Waals surface area contributed by atoms with E-state index >= 15 is 0 Å². The van der Waals surface area contributed by atoms with E-state index in [1.807, 2.05) is 25.1 Å². The molecule has 8 heteroatoms. The Morgan fingerprint density at radius 3 is 2.85 bits per heavy atom. The number of fused-ring (bicyclic) bond motifs is 1. The molecule has 0 saturated carbocycles. The van der Waals surface area contributed by atoms with Gasteiger partial charge in [-0.05, 0) is 25.1 Å². The number of benzene rings is 1. The molecule has 0 spiro atoms. The summed E-state index contributed by atoms with van der Waals surface area (Å²) in [5, 5.41) is 3.90. The lowest BCUT2D eigenvalue weighted by atomic mass is 10.1. The van der Waals surface area contributed by atoms with Crippen LogP contribution in [0.4, 0.5) is 5.69 Å². The third-order valence-corrected chi connectivity index (χ3v) is 13.1. The van der Waals surface area contributed by atoms with E-state index in [0.717, 1.165) is 11.7 Å². The van der Waals surface area contributed by atoms with Crippen LogP contribution in [0.15, 0.2) is 18.2 Å². The van der Waals surface area contributed by atoms with Gasteiger partial charge in [-0.1, -0.05) is 27.0 Å². The third kappa shape index (κ3) is 3.37. The fourth-order valence-electron chi connectivity index (χ4n) is 2.18. The van der Waals surface area contributed by atoms with Gasteiger partial charge >= 0.3 is 0 Å². The summed E-state index contributed by atoms with van der Waals surface area (Å²) in [6, 6.07) is 5.71. The molecule has 0 saturated heterocycles. The van der Waals surface area contributed by atoms with Crippen molar-refractivity contribution in [2.45, 2.75) is 13.3 Å². The number of nitrogens with zero attached hydrogens (tertiary/aromatic N) is 1. The van der Waals surface area contributed by atoms with E-state index in [2.05, 4.69) is 23.2 Å². The van der Waals surface area contributed by atoms with Gasteiger partial charge in [0.05, 0.1) is 11.3 Å². The molecule has 0 aliphatic carbocycles. The van der Waals surface area contributed by atoms with Crippen molar-refractivity contribution in [2.75, 3.05) is 18.4 Å². The fraction of sp³-hybridized carbons (Fsp3) is 0.333. The van der Waals surface area contributed by atoms with Crippen molar-refractivity contribution in [2.24, 2.45) is 0 Å². The van der Waals surface area contributed by atoms with Crippen LogP contribution in [-0.4, -0.2) is 29.8 Å². The van der Waals surface area contributed by atoms with Gasteiger partial charge in [-0.2, -0.15) is 0 Å². The maximum atomic E-state index is 12.7. The predicted molar refractivity (Wildman–Crippen MR) is 95.6 cm³/mol. The molecule has 2 amide bonds. The lowest BCUT2D eigenvalue weighted by molar-refractivity contribution is -0.116. The molecule has 1 N–H and O–H groups in total. The first-order valence-electron chi connectivity index (χ1n) is 6.31. The first kappa shape index (κ1) is 16.3. The number of carbonyl (C=O) groups is 2. The number of hydrogen-bond acceptors (Lipinski definition) is 2. The van der Waals surface area contributed by atoms with Gasteiger partial charge in [0.25, 0.3) is 5.91 Å². The molecule has 4 nitrogen and oxygen atoms in total. The SMILES string of the molecule is CCCN1CC(=O)Nc2cccc(P(P)PP)c2C1=O. The Morgan fingerprint density at radius 2 is 2.20 bits per heavy atom. The summed E-state index contributed by atoms with van der Waals surface area (Å²) < 4.78 is 0. The Hall–Kier alpha value is -0.120. The highest BCUT2D eigenvalue weighted by Crippen LogP contribution is 2.65. The van der Waals surface area contributed by atoms with Crippen LogP contribution in [0.25, 0.3) is 0 Å². The van der Waals surface area contributed by atoms with E-state index in [-0.39, 0.29) is 18.4 Å². The number of hydrogen-bond donors (Lipinski definition) is 1. The van der Waals surface area contributed by atoms with E-state index in [0.29, 0.717) is 25.8 Å². The fourth-order valence-corrected chi connectivity index (χ4v) is 5.90. The van der Waals surface area contributed by atoms with Gasteiger partial charge in [0.15, 0.2) is 0 Å². The maximum absolute atomic E-state index is 12.7. The Bertz CT molecular complexity index is 538. The largest absolute Gasteiger partial charge is 0.329 e. The van der Waals surface area contributed by atoms with Crippen molar-refractivity contribution in [3.63, 3.8) is 0 Å². The Balaban J connectivity index is 2.52. The highest BCUT2D eigenvalue weighted by Gasteiger charge is 2.29. The molecule has 4 atom stereocenters. The van der Waals surface area contributed by atoms with E-state index in [9.17, 15) is 9.59 Å². The minimum Gasteiger partial charge on any atom is -0.329 e. The van der Waals surface area contributed by atoms with Crippen molar-refractivity contribution in [1.29, 1.82) is 0 Å². The molecule has 1 heterocycles. The van der Waals surface area contributed by atoms with Crippen molar-refractivity contribution < 1.29 is 9.59 Å². The second-order valence-electron chi connectivity index (χ2n) is 4.47. The zero-order chi connectivity index (χ0) is 14.7. The average molecular weight is 346 g/mol. The van der Waals surface area contributed by atoms with Gasteiger partial charge in [-0.15, -0.1) is 17.9 Å². The molecule has 0 aromatic heterocycles. The normalized spacial score (nSPS) is 17.1. The summed E-state index contributed by atoms with van der Waals surface area (Å²) in [4.78, 5) is 26.3. The van der Waals surface area contributed by atoms with Gasteiger partial charge in [-0.25, -0.2) is 0 Å². The molecular formula is C12H18N2O2P4. The van der Waals surface area contributed by atoms with Gasteiger partial charge in [0.2, 0.25) is 5.91 Å². The lowest BCUT2D eigenvalue weighted by Crippen LogP contribution is -2.36. The highest BCUT2D eigenvalue weighted by molar-refractivity contribution is 8.63. The summed E-state index contributed by atoms with van der Waals surface area (Å²) >= 11 is 0. The molecule has 1 aromatic rings. The Morgan fingerprint density at radius 1 is 1.45 bits per heavy atom. The minimum absolute atomic E-state index is 0.0333. The number of rotatable bonds is 4. The van der Waals surface area contributed by atoms with Crippen LogP contribution in [0.3, 0.4) is 0 Å². The average Bonchev–Trinajstić information content (AvgIpc) is 2.56. The van der Waals surface area contributed by atoms with Crippen molar-refractivity contribution in [1.82, 2.24) is 4.90 Å². The quantitative estimate of drug-likeness (QED) is 0.853. The van der Waals surface area contributed by atoms with Gasteiger partial charge in [0, 0.05) is 6.54 Å². The number of amides is 2. The molecular weight excluding hydrogens is 328 g/mol. The summed E-state index contributed by atoms with van der Waals surface area (Å²) in [5.74, 6) is -0.155. The van der Waals surface area contributed by atoms with Gasteiger partial charge < -0.3 is 10.2 Å². The van der Waals surface area contributed by atoms with Crippen molar-refractivity contribution in [3.8, 4) is 0 Å². The maximum Gasteiger partial charge on any atom is 0.257 e. The zero-order valence-electron chi connectivity index (χ0n) is 11.2. The second kappa shape index (κ2) is 7.24. The van der Waals surface area contributed by atoms with Crippen LogP contribution in [0, 0.1) is 0 Å². The molecule has 4 unspecified atom stereocenters. The first-order valence-corrected chi connectivity index (χ1v) is 12.9. The summed E-state index contributed by atoms with van der Waals surface area (Å²) in [7, 11) is 5.78. The van der Waals surface area contributed by atoms with E-state index in [4.69, 9.17) is 0 Å². The number of nitrogens with one attached hydrogen (secondary N) is 1. The summed E-state index contributed by atoms with van der Waals surface area (Å²) in [6.45, 7) is 2.76. The van der Waals surface area contributed by atoms with Crippen LogP contribution in [0.5, 0.6) is 0 Å². The monoisotopic (exact) mass is 346 g/mol. The molecule has 0 fully saturated rings. The molecule has 1 aliphatic rings. The second-order valence-corrected chi connectivity index (χ2v) is 13.6. The van der Waals surface area contributed by atoms with Crippen molar-refractivity contribution in [3.05, 3.63) is 23.8 Å². The van der Waals surface area contributed by atoms with E-state index < -0.39 is 7.30 Å². The van der Waals surface area contributed by atoms with Gasteiger partial charge in [0.1, 0.15) is 6.54 Å². The Labute approximate surface area is 126 Å². The topological polar surface area (TPSA) is 49.4 Å². The first-order chi connectivity index (χ1) is 9.58. The minimum atomic E-state index is -0.461.